The van der Waals surface area contributed by atoms with Gasteiger partial charge in [0.05, 0.1) is 23.4 Å². The lowest BCUT2D eigenvalue weighted by Gasteiger charge is -2.34. The number of amides is 1. The number of ether oxygens (including phenoxy) is 2. The Morgan fingerprint density at radius 2 is 1.95 bits per heavy atom. The number of oxazole rings is 1. The van der Waals surface area contributed by atoms with Crippen LogP contribution in [-0.2, 0) is 27.7 Å². The maximum Gasteiger partial charge on any atom is 0.573 e. The summed E-state index contributed by atoms with van der Waals surface area (Å²) in [6.07, 6.45) is 3.36. The highest BCUT2D eigenvalue weighted by atomic mass is 32.2. The monoisotopic (exact) mass is 581 g/mol. The average molecular weight is 582 g/mol. The van der Waals surface area contributed by atoms with Crippen molar-refractivity contribution >= 4 is 27.0 Å². The second-order valence-electron chi connectivity index (χ2n) is 10.6. The Bertz CT molecular complexity index is 1550. The largest absolute Gasteiger partial charge is 0.573 e. The zero-order chi connectivity index (χ0) is 29.3. The summed E-state index contributed by atoms with van der Waals surface area (Å²) in [7, 11) is -4.25. The Morgan fingerprint density at radius 1 is 1.20 bits per heavy atom. The maximum absolute atomic E-state index is 14.5. The number of aryl methyl sites for hydroxylation is 1. The topological polar surface area (TPSA) is 113 Å². The molecule has 1 unspecified atom stereocenters. The fourth-order valence-corrected chi connectivity index (χ4v) is 6.60. The van der Waals surface area contributed by atoms with Gasteiger partial charge in [0.25, 0.3) is 0 Å². The molecule has 0 radical (unpaired) electrons. The minimum absolute atomic E-state index is 0.136. The van der Waals surface area contributed by atoms with Gasteiger partial charge in [0.15, 0.2) is 6.39 Å². The second kappa shape index (κ2) is 10.7. The molecule has 4 rings (SSSR count). The first-order chi connectivity index (χ1) is 18.6. The molecule has 0 fully saturated rings. The second-order valence-corrected chi connectivity index (χ2v) is 12.8. The van der Waals surface area contributed by atoms with Crippen molar-refractivity contribution in [2.45, 2.75) is 70.2 Å². The van der Waals surface area contributed by atoms with E-state index >= 15 is 0 Å². The molecule has 0 saturated heterocycles. The van der Waals surface area contributed by atoms with E-state index < -0.39 is 38.6 Å². The molecular weight excluding hydrogens is 551 g/mol. The van der Waals surface area contributed by atoms with E-state index in [2.05, 4.69) is 15.0 Å². The SMILES string of the molecule is CC(C)(C)OC(=O)NCc1cc2cc(OC(F)(F)F)ccc2n1S(=O)(=O)C1(C)CC=CC=C1CCc1cocn1. The lowest BCUT2D eigenvalue weighted by atomic mass is 9.89. The van der Waals surface area contributed by atoms with E-state index in [1.54, 1.807) is 45.9 Å². The van der Waals surface area contributed by atoms with Gasteiger partial charge < -0.3 is 19.2 Å². The zero-order valence-electron chi connectivity index (χ0n) is 22.4. The Labute approximate surface area is 229 Å². The number of carbonyl (C=O) groups is 1. The summed E-state index contributed by atoms with van der Waals surface area (Å²) in [5.74, 6) is -0.499. The van der Waals surface area contributed by atoms with Crippen LogP contribution in [0.25, 0.3) is 10.9 Å². The summed E-state index contributed by atoms with van der Waals surface area (Å²) in [6.45, 7) is 6.39. The van der Waals surface area contributed by atoms with Gasteiger partial charge in [-0.15, -0.1) is 13.2 Å². The summed E-state index contributed by atoms with van der Waals surface area (Å²) in [6, 6.07) is 4.83. The molecule has 3 aromatic rings. The van der Waals surface area contributed by atoms with Gasteiger partial charge in [-0.2, -0.15) is 0 Å². The Kier molecular flexibility index (Phi) is 7.81. The summed E-state index contributed by atoms with van der Waals surface area (Å²) in [5.41, 5.74) is 0.779. The summed E-state index contributed by atoms with van der Waals surface area (Å²) in [4.78, 5) is 16.5. The number of hydrogen-bond donors (Lipinski definition) is 1. The predicted octanol–water partition coefficient (Wildman–Crippen LogP) is 6.01. The number of hydrogen-bond acceptors (Lipinski definition) is 7. The zero-order valence-corrected chi connectivity index (χ0v) is 23.2. The van der Waals surface area contributed by atoms with Gasteiger partial charge in [-0.3, -0.25) is 0 Å². The molecule has 40 heavy (non-hydrogen) atoms. The van der Waals surface area contributed by atoms with Crippen molar-refractivity contribution in [1.82, 2.24) is 14.3 Å². The Hall–Kier alpha value is -3.74. The fourth-order valence-electron chi connectivity index (χ4n) is 4.54. The van der Waals surface area contributed by atoms with E-state index in [4.69, 9.17) is 9.15 Å². The average Bonchev–Trinajstić information content (AvgIpc) is 3.47. The summed E-state index contributed by atoms with van der Waals surface area (Å²) >= 11 is 0. The van der Waals surface area contributed by atoms with Crippen LogP contribution in [0.15, 0.2) is 65.1 Å². The van der Waals surface area contributed by atoms with Crippen molar-refractivity contribution in [3.63, 3.8) is 0 Å². The first-order valence-corrected chi connectivity index (χ1v) is 13.9. The number of nitrogens with one attached hydrogen (secondary N) is 1. The highest BCUT2D eigenvalue weighted by molar-refractivity contribution is 7.91. The fraction of sp³-hybridized carbons (Fsp3) is 0.407. The van der Waals surface area contributed by atoms with Crippen molar-refractivity contribution in [3.05, 3.63) is 72.1 Å². The number of rotatable bonds is 8. The minimum atomic E-state index is -4.92. The third-order valence-electron chi connectivity index (χ3n) is 6.41. The third-order valence-corrected chi connectivity index (χ3v) is 8.89. The van der Waals surface area contributed by atoms with Crippen molar-refractivity contribution in [3.8, 4) is 5.75 Å². The van der Waals surface area contributed by atoms with Gasteiger partial charge >= 0.3 is 12.5 Å². The maximum atomic E-state index is 14.5. The lowest BCUT2D eigenvalue weighted by Crippen LogP contribution is -2.43. The quantitative estimate of drug-likeness (QED) is 0.347. The smallest absolute Gasteiger partial charge is 0.451 e. The van der Waals surface area contributed by atoms with Gasteiger partial charge in [-0.25, -0.2) is 22.2 Å². The number of alkyl halides is 3. The molecule has 0 spiro atoms. The summed E-state index contributed by atoms with van der Waals surface area (Å²) in [5, 5.41) is 2.74. The Balaban J connectivity index is 1.77. The van der Waals surface area contributed by atoms with Gasteiger partial charge in [0.2, 0.25) is 10.0 Å². The minimum Gasteiger partial charge on any atom is -0.451 e. The third kappa shape index (κ3) is 6.35. The van der Waals surface area contributed by atoms with Crippen molar-refractivity contribution in [2.75, 3.05) is 0 Å². The molecule has 0 saturated carbocycles. The van der Waals surface area contributed by atoms with E-state index in [-0.39, 0.29) is 29.6 Å². The number of nitrogens with zero attached hydrogens (tertiary/aromatic N) is 2. The number of carbonyl (C=O) groups excluding carboxylic acids is 1. The van der Waals surface area contributed by atoms with Gasteiger partial charge in [0, 0.05) is 5.39 Å². The summed E-state index contributed by atoms with van der Waals surface area (Å²) < 4.78 is 81.5. The molecule has 0 bridgehead atoms. The van der Waals surface area contributed by atoms with Crippen molar-refractivity contribution in [2.24, 2.45) is 0 Å². The van der Waals surface area contributed by atoms with E-state index in [1.165, 1.54) is 24.8 Å². The lowest BCUT2D eigenvalue weighted by molar-refractivity contribution is -0.274. The van der Waals surface area contributed by atoms with Crippen LogP contribution in [0, 0.1) is 0 Å². The Morgan fingerprint density at radius 3 is 2.60 bits per heavy atom. The predicted molar refractivity (Wildman–Crippen MR) is 141 cm³/mol. The van der Waals surface area contributed by atoms with Gasteiger partial charge in [0.1, 0.15) is 22.4 Å². The van der Waals surface area contributed by atoms with Crippen LogP contribution in [0.2, 0.25) is 0 Å². The highest BCUT2D eigenvalue weighted by Crippen LogP contribution is 2.40. The van der Waals surface area contributed by atoms with Gasteiger partial charge in [-0.1, -0.05) is 18.2 Å². The van der Waals surface area contributed by atoms with Crippen LogP contribution in [0.1, 0.15) is 51.9 Å². The van der Waals surface area contributed by atoms with E-state index in [9.17, 15) is 26.4 Å². The van der Waals surface area contributed by atoms with E-state index in [1.807, 2.05) is 0 Å². The van der Waals surface area contributed by atoms with Crippen molar-refractivity contribution in [1.29, 1.82) is 0 Å². The molecule has 1 atom stereocenters. The molecule has 0 aliphatic heterocycles. The van der Waals surface area contributed by atoms with E-state index in [0.29, 0.717) is 24.1 Å². The number of halogens is 3. The van der Waals surface area contributed by atoms with Crippen LogP contribution < -0.4 is 10.1 Å². The number of aromatic nitrogens is 2. The molecule has 2 aromatic heterocycles. The molecular formula is C27H30F3N3O6S. The van der Waals surface area contributed by atoms with Crippen LogP contribution in [0.3, 0.4) is 0 Å². The first kappa shape index (κ1) is 29.2. The van der Waals surface area contributed by atoms with Gasteiger partial charge in [-0.05, 0) is 76.8 Å². The first-order valence-electron chi connectivity index (χ1n) is 12.4. The molecule has 1 amide bonds. The molecule has 9 nitrogen and oxygen atoms in total. The molecule has 2 heterocycles. The number of allylic oxidation sites excluding steroid dienone is 3. The van der Waals surface area contributed by atoms with Crippen LogP contribution in [-0.4, -0.2) is 40.2 Å². The highest BCUT2D eigenvalue weighted by Gasteiger charge is 2.45. The molecule has 216 valence electrons. The molecule has 1 N–H and O–H groups in total. The molecule has 1 aromatic carbocycles. The van der Waals surface area contributed by atoms with Crippen LogP contribution >= 0.6 is 0 Å². The number of fused-ring (bicyclic) bond motifs is 1. The van der Waals surface area contributed by atoms with Crippen LogP contribution in [0.5, 0.6) is 5.75 Å². The number of alkyl carbamates (subject to hydrolysis) is 1. The molecule has 13 heteroatoms. The normalized spacial score (nSPS) is 18.0. The molecule has 1 aliphatic rings. The van der Waals surface area contributed by atoms with E-state index in [0.717, 1.165) is 16.1 Å². The molecule has 1 aliphatic carbocycles. The standard InChI is InChI=1S/C27H30F3N3O6S/c1-25(2,3)39-24(34)31-15-21-13-18-14-22(38-27(28,29)30)10-11-23(18)33(21)40(35,36)26(4)12-6-5-7-19(26)8-9-20-16-37-17-32-20/h5-7,10-11,13-14,16-17H,8-9,12,15H2,1-4H3,(H,31,34). The number of benzene rings is 1. The van der Waals surface area contributed by atoms with Crippen LogP contribution in [0.4, 0.5) is 18.0 Å². The van der Waals surface area contributed by atoms with Crippen molar-refractivity contribution < 1.29 is 40.3 Å².